The summed E-state index contributed by atoms with van der Waals surface area (Å²) >= 11 is 0. The maximum absolute atomic E-state index is 13.6. The van der Waals surface area contributed by atoms with E-state index in [2.05, 4.69) is 15.3 Å². The van der Waals surface area contributed by atoms with Crippen LogP contribution >= 0.6 is 0 Å². The number of nitrogens with zero attached hydrogens (tertiary/aromatic N) is 4. The number of nitriles is 1. The highest BCUT2D eigenvalue weighted by Gasteiger charge is 2.41. The number of halogens is 1. The molecule has 0 bridgehead atoms. The highest BCUT2D eigenvalue weighted by Crippen LogP contribution is 2.42. The molecule has 130 valence electrons. The summed E-state index contributed by atoms with van der Waals surface area (Å²) in [6.45, 7) is 1.58. The van der Waals surface area contributed by atoms with E-state index in [4.69, 9.17) is 5.26 Å². The van der Waals surface area contributed by atoms with Gasteiger partial charge in [-0.05, 0) is 57.1 Å². The van der Waals surface area contributed by atoms with Crippen LogP contribution in [0.15, 0.2) is 12.1 Å². The molecule has 2 fully saturated rings. The van der Waals surface area contributed by atoms with Crippen molar-refractivity contribution in [3.8, 4) is 6.07 Å². The molecular formula is C18H20FN5O. The van der Waals surface area contributed by atoms with Gasteiger partial charge in [0.15, 0.2) is 5.65 Å². The quantitative estimate of drug-likeness (QED) is 0.922. The predicted octanol–water partition coefficient (Wildman–Crippen LogP) is 3.49. The fraction of sp³-hybridized carbons (Fsp3) is 0.556. The number of anilines is 1. The molecule has 7 heteroatoms. The molecule has 4 rings (SSSR count). The second-order valence-corrected chi connectivity index (χ2v) is 7.48. The normalized spacial score (nSPS) is 25.9. The number of rotatable bonds is 4. The molecule has 0 atom stereocenters. The average Bonchev–Trinajstić information content (AvgIpc) is 2.81. The fourth-order valence-electron chi connectivity index (χ4n) is 3.84. The molecule has 2 aromatic heterocycles. The molecule has 1 N–H and O–H groups in total. The number of carbonyl (C=O) groups is 1. The Morgan fingerprint density at radius 1 is 1.44 bits per heavy atom. The Labute approximate surface area is 145 Å². The first kappa shape index (κ1) is 16.0. The summed E-state index contributed by atoms with van der Waals surface area (Å²) in [5.74, 6) is 0.436. The van der Waals surface area contributed by atoms with Gasteiger partial charge in [-0.15, -0.1) is 0 Å². The number of fused-ring (bicyclic) bond motifs is 1. The van der Waals surface area contributed by atoms with Crippen LogP contribution in [0.4, 0.5) is 10.3 Å². The summed E-state index contributed by atoms with van der Waals surface area (Å²) in [4.78, 5) is 21.2. The van der Waals surface area contributed by atoms with Crippen LogP contribution in [0.3, 0.4) is 0 Å². The first-order valence-corrected chi connectivity index (χ1v) is 8.73. The molecule has 2 heterocycles. The molecule has 0 saturated heterocycles. The molecule has 2 aliphatic carbocycles. The third-order valence-corrected chi connectivity index (χ3v) is 5.25. The van der Waals surface area contributed by atoms with Crippen LogP contribution in [0.2, 0.25) is 0 Å². The van der Waals surface area contributed by atoms with Crippen molar-refractivity contribution in [1.82, 2.24) is 14.5 Å². The zero-order chi connectivity index (χ0) is 17.6. The molecule has 0 spiro atoms. The molecule has 0 aliphatic heterocycles. The van der Waals surface area contributed by atoms with Crippen molar-refractivity contribution >= 4 is 23.0 Å². The number of carbonyl (C=O) groups excluding carboxylic acids is 1. The van der Waals surface area contributed by atoms with Crippen molar-refractivity contribution in [2.75, 3.05) is 5.32 Å². The van der Waals surface area contributed by atoms with Gasteiger partial charge in [0.1, 0.15) is 22.9 Å². The monoisotopic (exact) mass is 341 g/mol. The van der Waals surface area contributed by atoms with E-state index < -0.39 is 5.67 Å². The number of hydrogen-bond acceptors (Lipinski definition) is 4. The molecule has 1 amide bonds. The summed E-state index contributed by atoms with van der Waals surface area (Å²) in [5, 5.41) is 12.0. The van der Waals surface area contributed by atoms with Crippen LogP contribution < -0.4 is 5.32 Å². The van der Waals surface area contributed by atoms with Gasteiger partial charge in [-0.3, -0.25) is 14.7 Å². The van der Waals surface area contributed by atoms with Crippen LogP contribution in [-0.2, 0) is 4.79 Å². The SMILES string of the molecule is CC1(F)CC(CC(=O)Nc2nc3ccc(C#N)nc3n2C2CCC2)C1. The van der Waals surface area contributed by atoms with Crippen LogP contribution in [0.1, 0.15) is 57.2 Å². The maximum Gasteiger partial charge on any atom is 0.226 e. The van der Waals surface area contributed by atoms with Crippen molar-refractivity contribution in [3.63, 3.8) is 0 Å². The van der Waals surface area contributed by atoms with Crippen molar-refractivity contribution in [3.05, 3.63) is 17.8 Å². The van der Waals surface area contributed by atoms with Crippen molar-refractivity contribution in [2.45, 2.75) is 57.2 Å². The number of imidazole rings is 1. The summed E-state index contributed by atoms with van der Waals surface area (Å²) in [6.07, 6.45) is 4.33. The first-order valence-electron chi connectivity index (χ1n) is 8.73. The Morgan fingerprint density at radius 3 is 2.80 bits per heavy atom. The van der Waals surface area contributed by atoms with E-state index in [0.717, 1.165) is 19.3 Å². The van der Waals surface area contributed by atoms with Crippen molar-refractivity contribution in [1.29, 1.82) is 5.26 Å². The minimum absolute atomic E-state index is 0.0971. The van der Waals surface area contributed by atoms with Gasteiger partial charge in [0.2, 0.25) is 11.9 Å². The van der Waals surface area contributed by atoms with E-state index in [-0.39, 0.29) is 17.9 Å². The van der Waals surface area contributed by atoms with Crippen LogP contribution in [0, 0.1) is 17.2 Å². The second-order valence-electron chi connectivity index (χ2n) is 7.48. The lowest BCUT2D eigenvalue weighted by molar-refractivity contribution is -0.119. The van der Waals surface area contributed by atoms with Crippen LogP contribution in [0.25, 0.3) is 11.2 Å². The maximum atomic E-state index is 13.6. The molecule has 0 radical (unpaired) electrons. The van der Waals surface area contributed by atoms with E-state index in [0.29, 0.717) is 42.1 Å². The molecule has 2 saturated carbocycles. The number of hydrogen-bond donors (Lipinski definition) is 1. The molecule has 0 unspecified atom stereocenters. The van der Waals surface area contributed by atoms with Gasteiger partial charge < -0.3 is 0 Å². The second kappa shape index (κ2) is 5.80. The predicted molar refractivity (Wildman–Crippen MR) is 90.6 cm³/mol. The van der Waals surface area contributed by atoms with Gasteiger partial charge >= 0.3 is 0 Å². The lowest BCUT2D eigenvalue weighted by Crippen LogP contribution is -2.38. The lowest BCUT2D eigenvalue weighted by Gasteiger charge is -2.38. The molecule has 6 nitrogen and oxygen atoms in total. The molecular weight excluding hydrogens is 321 g/mol. The molecule has 2 aromatic rings. The van der Waals surface area contributed by atoms with Gasteiger partial charge in [-0.25, -0.2) is 14.4 Å². The summed E-state index contributed by atoms with van der Waals surface area (Å²) in [6, 6.07) is 5.68. The van der Waals surface area contributed by atoms with Crippen molar-refractivity contribution < 1.29 is 9.18 Å². The third kappa shape index (κ3) is 2.97. The third-order valence-electron chi connectivity index (χ3n) is 5.25. The number of alkyl halides is 1. The minimum Gasteiger partial charge on any atom is -0.296 e. The average molecular weight is 341 g/mol. The van der Waals surface area contributed by atoms with E-state index in [9.17, 15) is 9.18 Å². The highest BCUT2D eigenvalue weighted by molar-refractivity contribution is 5.91. The van der Waals surface area contributed by atoms with Gasteiger partial charge in [-0.2, -0.15) is 5.26 Å². The number of nitrogens with one attached hydrogen (secondary N) is 1. The van der Waals surface area contributed by atoms with E-state index in [1.807, 2.05) is 10.6 Å². The Morgan fingerprint density at radius 2 is 2.20 bits per heavy atom. The number of pyridine rings is 1. The fourth-order valence-corrected chi connectivity index (χ4v) is 3.84. The molecule has 2 aliphatic rings. The van der Waals surface area contributed by atoms with Crippen LogP contribution in [0.5, 0.6) is 0 Å². The van der Waals surface area contributed by atoms with Crippen LogP contribution in [-0.4, -0.2) is 26.1 Å². The zero-order valence-corrected chi connectivity index (χ0v) is 14.1. The first-order chi connectivity index (χ1) is 11.9. The topological polar surface area (TPSA) is 83.6 Å². The van der Waals surface area contributed by atoms with E-state index >= 15 is 0 Å². The standard InChI is InChI=1S/C18H20FN5O/c1-18(19)8-11(9-18)7-15(25)23-17-22-14-6-5-12(10-20)21-16(14)24(17)13-3-2-4-13/h5-6,11,13H,2-4,7-9H2,1H3,(H,22,23,25). The summed E-state index contributed by atoms with van der Waals surface area (Å²) in [7, 11) is 0. The van der Waals surface area contributed by atoms with Gasteiger partial charge in [0, 0.05) is 12.5 Å². The Balaban J connectivity index is 1.58. The minimum atomic E-state index is -1.12. The van der Waals surface area contributed by atoms with Crippen molar-refractivity contribution in [2.24, 2.45) is 5.92 Å². The van der Waals surface area contributed by atoms with Gasteiger partial charge in [0.25, 0.3) is 0 Å². The number of aromatic nitrogens is 3. The Bertz CT molecular complexity index is 869. The Hall–Kier alpha value is -2.49. The Kier molecular flexibility index (Phi) is 3.71. The highest BCUT2D eigenvalue weighted by atomic mass is 19.1. The molecule has 25 heavy (non-hydrogen) atoms. The summed E-state index contributed by atoms with van der Waals surface area (Å²) < 4.78 is 15.5. The van der Waals surface area contributed by atoms with E-state index in [1.165, 1.54) is 0 Å². The smallest absolute Gasteiger partial charge is 0.226 e. The largest absolute Gasteiger partial charge is 0.296 e. The van der Waals surface area contributed by atoms with E-state index in [1.54, 1.807) is 19.1 Å². The van der Waals surface area contributed by atoms with Gasteiger partial charge in [-0.1, -0.05) is 0 Å². The number of amides is 1. The zero-order valence-electron chi connectivity index (χ0n) is 14.1. The summed E-state index contributed by atoms with van der Waals surface area (Å²) in [5.41, 5.74) is 0.518. The van der Waals surface area contributed by atoms with Gasteiger partial charge in [0.05, 0.1) is 0 Å². The molecule has 0 aromatic carbocycles. The lowest BCUT2D eigenvalue weighted by atomic mass is 9.72.